The SMILES string of the molecule is CC(CNC(=O)N1CCC(NS(C)(=O)=O)CC1)N1CCOCC1. The van der Waals surface area contributed by atoms with Gasteiger partial charge in [-0.15, -0.1) is 0 Å². The van der Waals surface area contributed by atoms with Gasteiger partial charge in [0.1, 0.15) is 0 Å². The lowest BCUT2D eigenvalue weighted by Gasteiger charge is -2.34. The third-order valence-electron chi connectivity index (χ3n) is 4.38. The Hall–Kier alpha value is -0.900. The van der Waals surface area contributed by atoms with Gasteiger partial charge in [-0.25, -0.2) is 17.9 Å². The van der Waals surface area contributed by atoms with Crippen LogP contribution in [0.25, 0.3) is 0 Å². The van der Waals surface area contributed by atoms with E-state index in [-0.39, 0.29) is 18.1 Å². The minimum Gasteiger partial charge on any atom is -0.379 e. The number of amides is 2. The predicted molar refractivity (Wildman–Crippen MR) is 87.8 cm³/mol. The average Bonchev–Trinajstić information content (AvgIpc) is 2.52. The molecule has 0 aromatic rings. The number of sulfonamides is 1. The summed E-state index contributed by atoms with van der Waals surface area (Å²) in [5, 5.41) is 2.98. The lowest BCUT2D eigenvalue weighted by atomic mass is 10.1. The molecule has 0 radical (unpaired) electrons. The third kappa shape index (κ3) is 6.25. The van der Waals surface area contributed by atoms with Crippen molar-refractivity contribution in [3.8, 4) is 0 Å². The Labute approximate surface area is 138 Å². The Bertz CT molecular complexity index is 485. The molecule has 2 aliphatic heterocycles. The summed E-state index contributed by atoms with van der Waals surface area (Å²) in [5.74, 6) is 0. The second-order valence-electron chi connectivity index (χ2n) is 6.33. The van der Waals surface area contributed by atoms with Crippen LogP contribution in [-0.2, 0) is 14.8 Å². The summed E-state index contributed by atoms with van der Waals surface area (Å²) in [6.07, 6.45) is 2.47. The van der Waals surface area contributed by atoms with E-state index in [9.17, 15) is 13.2 Å². The molecule has 0 saturated carbocycles. The molecule has 1 unspecified atom stereocenters. The van der Waals surface area contributed by atoms with E-state index in [1.54, 1.807) is 4.90 Å². The number of likely N-dealkylation sites (tertiary alicyclic amines) is 1. The molecule has 2 aliphatic rings. The van der Waals surface area contributed by atoms with E-state index in [0.717, 1.165) is 26.3 Å². The number of morpholine rings is 1. The molecule has 0 aliphatic carbocycles. The van der Waals surface area contributed by atoms with Gasteiger partial charge in [0.25, 0.3) is 0 Å². The number of hydrogen-bond acceptors (Lipinski definition) is 5. The van der Waals surface area contributed by atoms with Crippen molar-refractivity contribution in [3.05, 3.63) is 0 Å². The van der Waals surface area contributed by atoms with Crippen LogP contribution in [0.2, 0.25) is 0 Å². The van der Waals surface area contributed by atoms with Gasteiger partial charge >= 0.3 is 6.03 Å². The highest BCUT2D eigenvalue weighted by Gasteiger charge is 2.25. The molecule has 2 N–H and O–H groups in total. The van der Waals surface area contributed by atoms with Crippen molar-refractivity contribution in [2.45, 2.75) is 31.8 Å². The molecule has 0 bridgehead atoms. The minimum atomic E-state index is -3.18. The standard InChI is InChI=1S/C14H28N4O4S/c1-12(17-7-9-22-10-8-17)11-15-14(19)18-5-3-13(4-6-18)16-23(2,20)21/h12-13,16H,3-11H2,1-2H3,(H,15,19). The molecular weight excluding hydrogens is 320 g/mol. The minimum absolute atomic E-state index is 0.0667. The summed E-state index contributed by atoms with van der Waals surface area (Å²) in [5.41, 5.74) is 0. The summed E-state index contributed by atoms with van der Waals surface area (Å²) >= 11 is 0. The number of urea groups is 1. The van der Waals surface area contributed by atoms with Gasteiger partial charge < -0.3 is 15.0 Å². The molecular formula is C14H28N4O4S. The molecule has 0 spiro atoms. The fourth-order valence-corrected chi connectivity index (χ4v) is 3.84. The highest BCUT2D eigenvalue weighted by molar-refractivity contribution is 7.88. The molecule has 2 rings (SSSR count). The van der Waals surface area contributed by atoms with Gasteiger partial charge in [-0.2, -0.15) is 0 Å². The van der Waals surface area contributed by atoms with Gasteiger partial charge in [-0.3, -0.25) is 4.90 Å². The van der Waals surface area contributed by atoms with Gasteiger partial charge in [0, 0.05) is 44.8 Å². The first-order valence-corrected chi connectivity index (χ1v) is 10.1. The van der Waals surface area contributed by atoms with Gasteiger partial charge in [0.2, 0.25) is 10.0 Å². The molecule has 8 nitrogen and oxygen atoms in total. The molecule has 2 amide bonds. The van der Waals surface area contributed by atoms with Crippen LogP contribution in [0.1, 0.15) is 19.8 Å². The maximum absolute atomic E-state index is 12.2. The number of nitrogens with zero attached hydrogens (tertiary/aromatic N) is 2. The molecule has 2 saturated heterocycles. The summed E-state index contributed by atoms with van der Waals surface area (Å²) in [4.78, 5) is 16.3. The van der Waals surface area contributed by atoms with Gasteiger partial charge in [-0.05, 0) is 19.8 Å². The zero-order valence-corrected chi connectivity index (χ0v) is 14.8. The number of hydrogen-bond donors (Lipinski definition) is 2. The van der Waals surface area contributed by atoms with Crippen LogP contribution in [0.15, 0.2) is 0 Å². The smallest absolute Gasteiger partial charge is 0.317 e. The van der Waals surface area contributed by atoms with Crippen molar-refractivity contribution in [2.24, 2.45) is 0 Å². The van der Waals surface area contributed by atoms with Crippen molar-refractivity contribution in [3.63, 3.8) is 0 Å². The van der Waals surface area contributed by atoms with E-state index in [1.165, 1.54) is 6.26 Å². The first kappa shape index (κ1) is 18.4. The van der Waals surface area contributed by atoms with Crippen LogP contribution in [-0.4, -0.2) is 88.5 Å². The Morgan fingerprint density at radius 3 is 2.39 bits per heavy atom. The van der Waals surface area contributed by atoms with Crippen molar-refractivity contribution in [1.29, 1.82) is 0 Å². The van der Waals surface area contributed by atoms with E-state index >= 15 is 0 Å². The zero-order valence-electron chi connectivity index (χ0n) is 14.0. The van der Waals surface area contributed by atoms with Crippen LogP contribution >= 0.6 is 0 Å². The second kappa shape index (κ2) is 8.27. The molecule has 2 fully saturated rings. The fraction of sp³-hybridized carbons (Fsp3) is 0.929. The average molecular weight is 348 g/mol. The number of ether oxygens (including phenoxy) is 1. The van der Waals surface area contributed by atoms with Gasteiger partial charge in [-0.1, -0.05) is 0 Å². The summed E-state index contributed by atoms with van der Waals surface area (Å²) in [6, 6.07) is 0.150. The van der Waals surface area contributed by atoms with E-state index < -0.39 is 10.0 Å². The molecule has 134 valence electrons. The molecule has 9 heteroatoms. The Balaban J connectivity index is 1.68. The number of nitrogens with one attached hydrogen (secondary N) is 2. The highest BCUT2D eigenvalue weighted by atomic mass is 32.2. The lowest BCUT2D eigenvalue weighted by molar-refractivity contribution is 0.0206. The fourth-order valence-electron chi connectivity index (χ4n) is 3.00. The monoisotopic (exact) mass is 348 g/mol. The second-order valence-corrected chi connectivity index (χ2v) is 8.11. The highest BCUT2D eigenvalue weighted by Crippen LogP contribution is 2.11. The number of rotatable bonds is 5. The van der Waals surface area contributed by atoms with Crippen molar-refractivity contribution < 1.29 is 17.9 Å². The quantitative estimate of drug-likeness (QED) is 0.694. The van der Waals surface area contributed by atoms with Gasteiger partial charge in [0.05, 0.1) is 19.5 Å². The van der Waals surface area contributed by atoms with Crippen LogP contribution < -0.4 is 10.0 Å². The van der Waals surface area contributed by atoms with E-state index in [4.69, 9.17) is 4.74 Å². The van der Waals surface area contributed by atoms with Crippen LogP contribution in [0, 0.1) is 0 Å². The molecule has 23 heavy (non-hydrogen) atoms. The zero-order chi connectivity index (χ0) is 16.9. The first-order valence-electron chi connectivity index (χ1n) is 8.17. The Kier molecular flexibility index (Phi) is 6.63. The molecule has 2 heterocycles. The summed E-state index contributed by atoms with van der Waals surface area (Å²) < 4.78 is 30.4. The predicted octanol–water partition coefficient (Wildman–Crippen LogP) is -0.570. The number of piperidine rings is 1. The first-order chi connectivity index (χ1) is 10.8. The van der Waals surface area contributed by atoms with Crippen molar-refractivity contribution in [1.82, 2.24) is 19.8 Å². The van der Waals surface area contributed by atoms with E-state index in [2.05, 4.69) is 21.9 Å². The van der Waals surface area contributed by atoms with Crippen LogP contribution in [0.5, 0.6) is 0 Å². The Morgan fingerprint density at radius 1 is 1.22 bits per heavy atom. The summed E-state index contributed by atoms with van der Waals surface area (Å²) in [7, 11) is -3.18. The molecule has 0 aromatic heterocycles. The largest absolute Gasteiger partial charge is 0.379 e. The summed E-state index contributed by atoms with van der Waals surface area (Å²) in [6.45, 7) is 7.17. The maximum Gasteiger partial charge on any atom is 0.317 e. The molecule has 1 atom stereocenters. The van der Waals surface area contributed by atoms with Gasteiger partial charge in [0.15, 0.2) is 0 Å². The topological polar surface area (TPSA) is 91.0 Å². The van der Waals surface area contributed by atoms with E-state index in [0.29, 0.717) is 32.5 Å². The van der Waals surface area contributed by atoms with Crippen molar-refractivity contribution in [2.75, 3.05) is 52.2 Å². The third-order valence-corrected chi connectivity index (χ3v) is 5.14. The Morgan fingerprint density at radius 2 is 1.83 bits per heavy atom. The van der Waals surface area contributed by atoms with E-state index in [1.807, 2.05) is 0 Å². The number of carbonyl (C=O) groups is 1. The van der Waals surface area contributed by atoms with Crippen LogP contribution in [0.4, 0.5) is 4.79 Å². The lowest BCUT2D eigenvalue weighted by Crippen LogP contribution is -2.52. The van der Waals surface area contributed by atoms with Crippen LogP contribution in [0.3, 0.4) is 0 Å². The van der Waals surface area contributed by atoms with Crippen molar-refractivity contribution >= 4 is 16.1 Å². The number of carbonyl (C=O) groups excluding carboxylic acids is 1. The normalized spacial score (nSPS) is 22.8. The molecule has 0 aromatic carbocycles. The maximum atomic E-state index is 12.2.